The van der Waals surface area contributed by atoms with Gasteiger partial charge in [0.25, 0.3) is 5.91 Å². The molecule has 2 rings (SSSR count). The zero-order chi connectivity index (χ0) is 14.9. The number of amides is 1. The summed E-state index contributed by atoms with van der Waals surface area (Å²) in [5.41, 5.74) is 8.63. The van der Waals surface area contributed by atoms with Crippen LogP contribution in [0.2, 0.25) is 5.02 Å². The van der Waals surface area contributed by atoms with Crippen LogP contribution in [0.15, 0.2) is 40.9 Å². The molecule has 0 radical (unpaired) electrons. The van der Waals surface area contributed by atoms with Gasteiger partial charge in [0.2, 0.25) is 0 Å². The number of halogens is 2. The van der Waals surface area contributed by atoms with E-state index in [1.165, 1.54) is 4.90 Å². The van der Waals surface area contributed by atoms with Gasteiger partial charge in [0.05, 0.1) is 11.4 Å². The molecule has 0 aliphatic heterocycles. The van der Waals surface area contributed by atoms with E-state index in [2.05, 4.69) is 15.9 Å². The van der Waals surface area contributed by atoms with Crippen molar-refractivity contribution < 1.29 is 4.79 Å². The minimum atomic E-state index is -0.148. The highest BCUT2D eigenvalue weighted by atomic mass is 79.9. The van der Waals surface area contributed by atoms with Gasteiger partial charge < -0.3 is 10.6 Å². The van der Waals surface area contributed by atoms with Crippen LogP contribution in [-0.2, 0) is 0 Å². The summed E-state index contributed by atoms with van der Waals surface area (Å²) >= 11 is 9.34. The molecule has 0 saturated carbocycles. The topological polar surface area (TPSA) is 46.3 Å². The lowest BCUT2D eigenvalue weighted by atomic mass is 10.1. The molecule has 0 aliphatic carbocycles. The highest BCUT2D eigenvalue weighted by molar-refractivity contribution is 9.10. The molecule has 5 heteroatoms. The number of hydrogen-bond acceptors (Lipinski definition) is 2. The Labute approximate surface area is 131 Å². The van der Waals surface area contributed by atoms with E-state index in [1.807, 2.05) is 19.1 Å². The van der Waals surface area contributed by atoms with Crippen molar-refractivity contribution in [3.8, 4) is 0 Å². The zero-order valence-electron chi connectivity index (χ0n) is 11.2. The Morgan fingerprint density at radius 3 is 2.55 bits per heavy atom. The normalized spacial score (nSPS) is 10.4. The molecule has 0 heterocycles. The van der Waals surface area contributed by atoms with Crippen LogP contribution in [0.1, 0.15) is 15.9 Å². The number of benzene rings is 2. The van der Waals surface area contributed by atoms with Crippen molar-refractivity contribution in [2.45, 2.75) is 6.92 Å². The fourth-order valence-electron chi connectivity index (χ4n) is 1.99. The lowest BCUT2D eigenvalue weighted by molar-refractivity contribution is 0.0993. The molecule has 2 aromatic rings. The molecule has 0 aliphatic rings. The first kappa shape index (κ1) is 14.9. The number of nitrogens with zero attached hydrogens (tertiary/aromatic N) is 1. The van der Waals surface area contributed by atoms with Crippen molar-refractivity contribution in [3.63, 3.8) is 0 Å². The van der Waals surface area contributed by atoms with E-state index in [-0.39, 0.29) is 5.91 Å². The van der Waals surface area contributed by atoms with Crippen molar-refractivity contribution in [2.75, 3.05) is 17.7 Å². The van der Waals surface area contributed by atoms with Gasteiger partial charge in [-0.25, -0.2) is 0 Å². The van der Waals surface area contributed by atoms with Crippen LogP contribution >= 0.6 is 27.5 Å². The molecule has 0 atom stereocenters. The number of carbonyl (C=O) groups excluding carboxylic acids is 1. The molecular formula is C15H14BrClN2O. The second-order valence-corrected chi connectivity index (χ2v) is 5.94. The van der Waals surface area contributed by atoms with E-state index >= 15 is 0 Å². The second kappa shape index (κ2) is 5.85. The van der Waals surface area contributed by atoms with Gasteiger partial charge in [-0.2, -0.15) is 0 Å². The number of nitrogens with two attached hydrogens (primary N) is 1. The van der Waals surface area contributed by atoms with E-state index in [1.54, 1.807) is 31.3 Å². The Balaban J connectivity index is 2.37. The molecule has 104 valence electrons. The summed E-state index contributed by atoms with van der Waals surface area (Å²) in [6.45, 7) is 1.90. The molecule has 0 fully saturated rings. The minimum absolute atomic E-state index is 0.148. The molecule has 2 aromatic carbocycles. The van der Waals surface area contributed by atoms with Crippen LogP contribution in [-0.4, -0.2) is 13.0 Å². The van der Waals surface area contributed by atoms with Crippen molar-refractivity contribution in [1.29, 1.82) is 0 Å². The lowest BCUT2D eigenvalue weighted by Gasteiger charge is -2.20. The molecule has 20 heavy (non-hydrogen) atoms. The molecule has 0 aromatic heterocycles. The summed E-state index contributed by atoms with van der Waals surface area (Å²) in [4.78, 5) is 14.0. The maximum atomic E-state index is 12.5. The van der Waals surface area contributed by atoms with Crippen LogP contribution < -0.4 is 10.6 Å². The van der Waals surface area contributed by atoms with Crippen molar-refractivity contribution >= 4 is 44.8 Å². The highest BCUT2D eigenvalue weighted by Crippen LogP contribution is 2.27. The number of rotatable bonds is 2. The Bertz CT molecular complexity index is 653. The standard InChI is InChI=1S/C15H14BrClN2O/c1-9-5-10(7-12(17)6-9)15(20)19(2)14-4-3-11(16)8-13(14)18/h3-8H,18H2,1-2H3. The summed E-state index contributed by atoms with van der Waals surface area (Å²) in [7, 11) is 1.69. The predicted octanol–water partition coefficient (Wildman–Crippen LogP) is 4.27. The van der Waals surface area contributed by atoms with Gasteiger partial charge in [-0.15, -0.1) is 0 Å². The fraction of sp³-hybridized carbons (Fsp3) is 0.133. The number of anilines is 2. The molecule has 3 nitrogen and oxygen atoms in total. The van der Waals surface area contributed by atoms with Gasteiger partial charge in [-0.1, -0.05) is 27.5 Å². The minimum Gasteiger partial charge on any atom is -0.397 e. The van der Waals surface area contributed by atoms with Gasteiger partial charge >= 0.3 is 0 Å². The summed E-state index contributed by atoms with van der Waals surface area (Å²) in [6.07, 6.45) is 0. The summed E-state index contributed by atoms with van der Waals surface area (Å²) in [5, 5.41) is 0.547. The maximum absolute atomic E-state index is 12.5. The molecule has 2 N–H and O–H groups in total. The predicted molar refractivity (Wildman–Crippen MR) is 87.5 cm³/mol. The largest absolute Gasteiger partial charge is 0.397 e. The smallest absolute Gasteiger partial charge is 0.258 e. The van der Waals surface area contributed by atoms with Gasteiger partial charge in [0.1, 0.15) is 0 Å². The first-order valence-electron chi connectivity index (χ1n) is 5.99. The van der Waals surface area contributed by atoms with E-state index in [9.17, 15) is 4.79 Å². The number of nitrogen functional groups attached to an aromatic ring is 1. The Morgan fingerprint density at radius 1 is 1.25 bits per heavy atom. The lowest BCUT2D eigenvalue weighted by Crippen LogP contribution is -2.27. The van der Waals surface area contributed by atoms with Gasteiger partial charge in [0, 0.05) is 22.1 Å². The molecule has 0 bridgehead atoms. The molecular weight excluding hydrogens is 340 g/mol. The fourth-order valence-corrected chi connectivity index (χ4v) is 2.66. The number of aryl methyl sites for hydroxylation is 1. The van der Waals surface area contributed by atoms with Crippen LogP contribution in [0.4, 0.5) is 11.4 Å². The second-order valence-electron chi connectivity index (χ2n) is 4.58. The Morgan fingerprint density at radius 2 is 1.95 bits per heavy atom. The third-order valence-corrected chi connectivity index (χ3v) is 3.66. The third-order valence-electron chi connectivity index (χ3n) is 2.94. The SMILES string of the molecule is Cc1cc(Cl)cc(C(=O)N(C)c2ccc(Br)cc2N)c1. The average Bonchev–Trinajstić information content (AvgIpc) is 2.36. The van der Waals surface area contributed by atoms with Gasteiger partial charge in [-0.05, 0) is 48.9 Å². The summed E-state index contributed by atoms with van der Waals surface area (Å²) in [5.74, 6) is -0.148. The number of hydrogen-bond donors (Lipinski definition) is 1. The van der Waals surface area contributed by atoms with Crippen molar-refractivity contribution in [2.24, 2.45) is 0 Å². The van der Waals surface area contributed by atoms with Crippen molar-refractivity contribution in [1.82, 2.24) is 0 Å². The van der Waals surface area contributed by atoms with Crippen LogP contribution in [0.3, 0.4) is 0 Å². The summed E-state index contributed by atoms with van der Waals surface area (Å²) in [6, 6.07) is 10.7. The maximum Gasteiger partial charge on any atom is 0.258 e. The van der Waals surface area contributed by atoms with E-state index in [0.29, 0.717) is 22.0 Å². The van der Waals surface area contributed by atoms with E-state index in [0.717, 1.165) is 10.0 Å². The van der Waals surface area contributed by atoms with Crippen molar-refractivity contribution in [3.05, 3.63) is 57.0 Å². The Kier molecular flexibility index (Phi) is 4.35. The summed E-state index contributed by atoms with van der Waals surface area (Å²) < 4.78 is 0.873. The quantitative estimate of drug-likeness (QED) is 0.820. The van der Waals surface area contributed by atoms with E-state index in [4.69, 9.17) is 17.3 Å². The molecule has 1 amide bonds. The third kappa shape index (κ3) is 3.14. The molecule has 0 saturated heterocycles. The number of carbonyl (C=O) groups is 1. The highest BCUT2D eigenvalue weighted by Gasteiger charge is 2.16. The molecule has 0 unspecified atom stereocenters. The Hall–Kier alpha value is -1.52. The van der Waals surface area contributed by atoms with Crippen LogP contribution in [0.5, 0.6) is 0 Å². The zero-order valence-corrected chi connectivity index (χ0v) is 13.5. The monoisotopic (exact) mass is 352 g/mol. The van der Waals surface area contributed by atoms with Gasteiger partial charge in [0.15, 0.2) is 0 Å². The average molecular weight is 354 g/mol. The first-order valence-corrected chi connectivity index (χ1v) is 7.16. The van der Waals surface area contributed by atoms with Crippen LogP contribution in [0.25, 0.3) is 0 Å². The first-order chi connectivity index (χ1) is 9.38. The van der Waals surface area contributed by atoms with E-state index < -0.39 is 0 Å². The van der Waals surface area contributed by atoms with Crippen LogP contribution in [0, 0.1) is 6.92 Å². The van der Waals surface area contributed by atoms with Gasteiger partial charge in [-0.3, -0.25) is 4.79 Å². The molecule has 0 spiro atoms.